The number of rotatable bonds is 4. The Hall–Kier alpha value is -0.870. The van der Waals surface area contributed by atoms with Crippen molar-refractivity contribution in [3.63, 3.8) is 0 Å². The lowest BCUT2D eigenvalue weighted by Crippen LogP contribution is -2.30. The molecule has 1 atom stereocenters. The Kier molecular flexibility index (Phi) is 4.18. The van der Waals surface area contributed by atoms with Crippen LogP contribution in [-0.4, -0.2) is 37.5 Å². The molecule has 1 aromatic rings. The quantitative estimate of drug-likeness (QED) is 0.889. The van der Waals surface area contributed by atoms with Crippen molar-refractivity contribution < 1.29 is 4.79 Å². The summed E-state index contributed by atoms with van der Waals surface area (Å²) in [6, 6.07) is 2.07. The molecule has 2 rings (SSSR count). The maximum atomic E-state index is 12.4. The third kappa shape index (κ3) is 2.69. The molecule has 94 valence electrons. The largest absolute Gasteiger partial charge is 0.338 e. The number of nitrogens with one attached hydrogen (secondary N) is 1. The van der Waals surface area contributed by atoms with E-state index in [1.807, 2.05) is 17.3 Å². The topological polar surface area (TPSA) is 32.3 Å². The van der Waals surface area contributed by atoms with Gasteiger partial charge in [-0.25, -0.2) is 0 Å². The van der Waals surface area contributed by atoms with E-state index in [1.54, 1.807) is 11.3 Å². The average Bonchev–Trinajstić information content (AvgIpc) is 2.96. The van der Waals surface area contributed by atoms with Gasteiger partial charge in [-0.15, -0.1) is 11.3 Å². The lowest BCUT2D eigenvalue weighted by atomic mass is 10.1. The molecule has 1 aliphatic rings. The Morgan fingerprint density at radius 2 is 2.47 bits per heavy atom. The Morgan fingerprint density at radius 3 is 3.18 bits per heavy atom. The Labute approximate surface area is 107 Å². The van der Waals surface area contributed by atoms with Gasteiger partial charge in [-0.05, 0) is 49.4 Å². The number of aryl methyl sites for hydroxylation is 1. The molecular formula is C13H20N2OS. The van der Waals surface area contributed by atoms with Gasteiger partial charge in [-0.1, -0.05) is 6.92 Å². The summed E-state index contributed by atoms with van der Waals surface area (Å²) in [4.78, 5) is 15.3. The molecule has 0 aliphatic carbocycles. The number of carbonyl (C=O) groups excluding carboxylic acids is 1. The normalized spacial score (nSPS) is 19.9. The molecular weight excluding hydrogens is 232 g/mol. The summed E-state index contributed by atoms with van der Waals surface area (Å²) in [6.45, 7) is 4.93. The second-order valence-electron chi connectivity index (χ2n) is 4.59. The van der Waals surface area contributed by atoms with Crippen molar-refractivity contribution >= 4 is 17.2 Å². The number of nitrogens with zero attached hydrogens (tertiary/aromatic N) is 1. The van der Waals surface area contributed by atoms with Crippen molar-refractivity contribution in [3.8, 4) is 0 Å². The summed E-state index contributed by atoms with van der Waals surface area (Å²) in [7, 11) is 1.97. The first kappa shape index (κ1) is 12.6. The van der Waals surface area contributed by atoms with Crippen LogP contribution in [0.4, 0.5) is 0 Å². The van der Waals surface area contributed by atoms with Crippen LogP contribution in [0, 0.1) is 5.92 Å². The highest BCUT2D eigenvalue weighted by Crippen LogP contribution is 2.23. The first-order valence-corrected chi connectivity index (χ1v) is 7.14. The minimum atomic E-state index is 0.232. The van der Waals surface area contributed by atoms with E-state index in [1.165, 1.54) is 5.56 Å². The summed E-state index contributed by atoms with van der Waals surface area (Å²) < 4.78 is 0. The van der Waals surface area contributed by atoms with E-state index in [-0.39, 0.29) is 5.91 Å². The Balaban J connectivity index is 2.02. The summed E-state index contributed by atoms with van der Waals surface area (Å²) in [5, 5.41) is 5.21. The van der Waals surface area contributed by atoms with Crippen LogP contribution in [0.1, 0.15) is 28.6 Å². The van der Waals surface area contributed by atoms with Gasteiger partial charge in [0.1, 0.15) is 0 Å². The fraction of sp³-hybridized carbons (Fsp3) is 0.615. The second kappa shape index (κ2) is 5.65. The lowest BCUT2D eigenvalue weighted by Gasteiger charge is -2.16. The first-order valence-electron chi connectivity index (χ1n) is 6.26. The van der Waals surface area contributed by atoms with Crippen LogP contribution in [0.5, 0.6) is 0 Å². The van der Waals surface area contributed by atoms with Gasteiger partial charge in [0.15, 0.2) is 0 Å². The molecule has 0 saturated carbocycles. The highest BCUT2D eigenvalue weighted by atomic mass is 32.1. The van der Waals surface area contributed by atoms with Crippen LogP contribution in [0.15, 0.2) is 11.4 Å². The molecule has 17 heavy (non-hydrogen) atoms. The molecule has 0 spiro atoms. The molecule has 0 aromatic carbocycles. The molecule has 0 bridgehead atoms. The highest BCUT2D eigenvalue weighted by Gasteiger charge is 2.27. The SMILES string of the molecule is CCc1ccsc1C(=O)N1CC[C@H](CNC)C1. The van der Waals surface area contributed by atoms with E-state index in [2.05, 4.69) is 18.3 Å². The molecule has 0 unspecified atom stereocenters. The zero-order valence-corrected chi connectivity index (χ0v) is 11.3. The van der Waals surface area contributed by atoms with E-state index in [4.69, 9.17) is 0 Å². The number of thiophene rings is 1. The number of likely N-dealkylation sites (tertiary alicyclic amines) is 1. The molecule has 1 N–H and O–H groups in total. The minimum Gasteiger partial charge on any atom is -0.338 e. The average molecular weight is 252 g/mol. The molecule has 2 heterocycles. The molecule has 1 saturated heterocycles. The minimum absolute atomic E-state index is 0.232. The summed E-state index contributed by atoms with van der Waals surface area (Å²) in [5.74, 6) is 0.851. The van der Waals surface area contributed by atoms with Gasteiger partial charge in [-0.3, -0.25) is 4.79 Å². The van der Waals surface area contributed by atoms with Crippen LogP contribution in [0.3, 0.4) is 0 Å². The van der Waals surface area contributed by atoms with Crippen molar-refractivity contribution in [3.05, 3.63) is 21.9 Å². The van der Waals surface area contributed by atoms with E-state index < -0.39 is 0 Å². The fourth-order valence-electron chi connectivity index (χ4n) is 2.42. The van der Waals surface area contributed by atoms with Crippen LogP contribution < -0.4 is 5.32 Å². The van der Waals surface area contributed by atoms with Crippen LogP contribution >= 0.6 is 11.3 Å². The van der Waals surface area contributed by atoms with Gasteiger partial charge < -0.3 is 10.2 Å². The zero-order valence-electron chi connectivity index (χ0n) is 10.5. The standard InChI is InChI=1S/C13H20N2OS/c1-3-11-5-7-17-12(11)13(16)15-6-4-10(9-15)8-14-2/h5,7,10,14H,3-4,6,8-9H2,1-2H3/t10-/m1/s1. The molecule has 0 radical (unpaired) electrons. The van der Waals surface area contributed by atoms with Crippen LogP contribution in [0.2, 0.25) is 0 Å². The third-order valence-corrected chi connectivity index (χ3v) is 4.33. The Morgan fingerprint density at radius 1 is 1.65 bits per heavy atom. The molecule has 1 aliphatic heterocycles. The van der Waals surface area contributed by atoms with Gasteiger partial charge in [0, 0.05) is 13.1 Å². The van der Waals surface area contributed by atoms with Crippen molar-refractivity contribution in [1.29, 1.82) is 0 Å². The lowest BCUT2D eigenvalue weighted by molar-refractivity contribution is 0.0791. The van der Waals surface area contributed by atoms with Crippen LogP contribution in [0.25, 0.3) is 0 Å². The monoisotopic (exact) mass is 252 g/mol. The fourth-order valence-corrected chi connectivity index (χ4v) is 3.38. The van der Waals surface area contributed by atoms with E-state index in [9.17, 15) is 4.79 Å². The van der Waals surface area contributed by atoms with Gasteiger partial charge in [0.2, 0.25) is 0 Å². The first-order chi connectivity index (χ1) is 8.26. The van der Waals surface area contributed by atoms with Gasteiger partial charge in [0.05, 0.1) is 4.88 Å². The van der Waals surface area contributed by atoms with Crippen LogP contribution in [-0.2, 0) is 6.42 Å². The predicted octanol–water partition coefficient (Wildman–Crippen LogP) is 1.99. The van der Waals surface area contributed by atoms with Gasteiger partial charge >= 0.3 is 0 Å². The number of hydrogen-bond donors (Lipinski definition) is 1. The molecule has 1 amide bonds. The highest BCUT2D eigenvalue weighted by molar-refractivity contribution is 7.12. The summed E-state index contributed by atoms with van der Waals surface area (Å²) in [6.07, 6.45) is 2.07. The molecule has 3 nitrogen and oxygen atoms in total. The summed E-state index contributed by atoms with van der Waals surface area (Å²) >= 11 is 1.58. The van der Waals surface area contributed by atoms with Crippen molar-refractivity contribution in [2.24, 2.45) is 5.92 Å². The Bertz CT molecular complexity index is 389. The molecule has 1 aromatic heterocycles. The van der Waals surface area contributed by atoms with Crippen molar-refractivity contribution in [1.82, 2.24) is 10.2 Å². The van der Waals surface area contributed by atoms with Gasteiger partial charge in [0.25, 0.3) is 5.91 Å². The third-order valence-electron chi connectivity index (χ3n) is 3.39. The van der Waals surface area contributed by atoms with Crippen molar-refractivity contribution in [2.45, 2.75) is 19.8 Å². The van der Waals surface area contributed by atoms with Crippen molar-refractivity contribution in [2.75, 3.05) is 26.7 Å². The number of hydrogen-bond acceptors (Lipinski definition) is 3. The summed E-state index contributed by atoms with van der Waals surface area (Å²) in [5.41, 5.74) is 1.19. The second-order valence-corrected chi connectivity index (χ2v) is 5.51. The smallest absolute Gasteiger partial charge is 0.264 e. The van der Waals surface area contributed by atoms with E-state index in [0.29, 0.717) is 5.92 Å². The molecule has 4 heteroatoms. The maximum Gasteiger partial charge on any atom is 0.264 e. The zero-order chi connectivity index (χ0) is 12.3. The predicted molar refractivity (Wildman–Crippen MR) is 71.6 cm³/mol. The van der Waals surface area contributed by atoms with E-state index in [0.717, 1.165) is 37.4 Å². The number of amides is 1. The van der Waals surface area contributed by atoms with E-state index >= 15 is 0 Å². The van der Waals surface area contributed by atoms with Gasteiger partial charge in [-0.2, -0.15) is 0 Å². The number of carbonyl (C=O) groups is 1. The molecule has 1 fully saturated rings. The maximum absolute atomic E-state index is 12.4.